The van der Waals surface area contributed by atoms with E-state index in [0.717, 1.165) is 12.0 Å². The molecule has 0 spiro atoms. The zero-order valence-electron chi connectivity index (χ0n) is 10.1. The molecule has 0 saturated heterocycles. The molecular weight excluding hydrogens is 200 g/mol. The summed E-state index contributed by atoms with van der Waals surface area (Å²) in [6.45, 7) is 9.17. The van der Waals surface area contributed by atoms with E-state index in [1.165, 1.54) is 0 Å². The number of carbonyl (C=O) groups excluding carboxylic acids is 1. The van der Waals surface area contributed by atoms with Gasteiger partial charge in [0.25, 0.3) is 0 Å². The monoisotopic (exact) mass is 218 g/mol. The highest BCUT2D eigenvalue weighted by Gasteiger charge is 2.28. The Kier molecular flexibility index (Phi) is 3.88. The first-order valence-corrected chi connectivity index (χ1v) is 5.44. The molecule has 1 aromatic rings. The van der Waals surface area contributed by atoms with E-state index in [1.807, 2.05) is 44.2 Å². The Bertz CT molecular complexity index is 381. The number of hydrogen-bond donors (Lipinski definition) is 0. The van der Waals surface area contributed by atoms with Crippen molar-refractivity contribution in [2.75, 3.05) is 0 Å². The Hall–Kier alpha value is -1.57. The lowest BCUT2D eigenvalue weighted by Crippen LogP contribution is -2.28. The summed E-state index contributed by atoms with van der Waals surface area (Å²) >= 11 is 0. The lowest BCUT2D eigenvalue weighted by molar-refractivity contribution is -0.154. The summed E-state index contributed by atoms with van der Waals surface area (Å²) < 4.78 is 5.50. The Morgan fingerprint density at radius 1 is 1.38 bits per heavy atom. The average molecular weight is 218 g/mol. The van der Waals surface area contributed by atoms with Crippen molar-refractivity contribution in [3.8, 4) is 0 Å². The molecule has 2 heteroatoms. The Morgan fingerprint density at radius 3 is 2.38 bits per heavy atom. The lowest BCUT2D eigenvalue weighted by atomic mass is 9.93. The first-order valence-electron chi connectivity index (χ1n) is 5.44. The third-order valence-corrected chi connectivity index (χ3v) is 2.73. The zero-order valence-corrected chi connectivity index (χ0v) is 10.1. The molecule has 0 fully saturated rings. The minimum Gasteiger partial charge on any atom is -0.451 e. The van der Waals surface area contributed by atoms with E-state index in [2.05, 4.69) is 6.58 Å². The van der Waals surface area contributed by atoms with Gasteiger partial charge in [-0.15, -0.1) is 0 Å². The van der Waals surface area contributed by atoms with Gasteiger partial charge in [-0.3, -0.25) is 0 Å². The highest BCUT2D eigenvalue weighted by Crippen LogP contribution is 2.29. The highest BCUT2D eigenvalue weighted by molar-refractivity contribution is 5.87. The fraction of sp³-hybridized carbons (Fsp3) is 0.357. The van der Waals surface area contributed by atoms with Gasteiger partial charge in [-0.2, -0.15) is 0 Å². The second kappa shape index (κ2) is 4.97. The molecule has 1 atom stereocenters. The molecule has 0 radical (unpaired) electrons. The minimum atomic E-state index is -0.572. The number of esters is 1. The topological polar surface area (TPSA) is 26.3 Å². The molecule has 0 bridgehead atoms. The van der Waals surface area contributed by atoms with Crippen molar-refractivity contribution in [1.82, 2.24) is 0 Å². The number of hydrogen-bond acceptors (Lipinski definition) is 2. The summed E-state index contributed by atoms with van der Waals surface area (Å²) in [4.78, 5) is 11.6. The summed E-state index contributed by atoms with van der Waals surface area (Å²) in [5.41, 5.74) is 0.861. The Morgan fingerprint density at radius 2 is 1.94 bits per heavy atom. The Balaban J connectivity index is 2.95. The molecular formula is C14H18O2. The van der Waals surface area contributed by atoms with Gasteiger partial charge in [0, 0.05) is 5.57 Å². The van der Waals surface area contributed by atoms with Crippen LogP contribution < -0.4 is 0 Å². The van der Waals surface area contributed by atoms with Crippen molar-refractivity contribution in [3.63, 3.8) is 0 Å². The second-order valence-corrected chi connectivity index (χ2v) is 4.12. The number of benzene rings is 1. The smallest absolute Gasteiger partial charge is 0.333 e. The van der Waals surface area contributed by atoms with Gasteiger partial charge >= 0.3 is 5.97 Å². The van der Waals surface area contributed by atoms with E-state index in [9.17, 15) is 4.79 Å². The molecule has 2 nitrogen and oxygen atoms in total. The average Bonchev–Trinajstić information content (AvgIpc) is 2.29. The maximum absolute atomic E-state index is 11.6. The van der Waals surface area contributed by atoms with Crippen molar-refractivity contribution in [1.29, 1.82) is 0 Å². The van der Waals surface area contributed by atoms with Crippen molar-refractivity contribution in [2.24, 2.45) is 0 Å². The van der Waals surface area contributed by atoms with Gasteiger partial charge in [0.05, 0.1) is 0 Å². The van der Waals surface area contributed by atoms with Gasteiger partial charge in [0.2, 0.25) is 0 Å². The van der Waals surface area contributed by atoms with Gasteiger partial charge in [-0.1, -0.05) is 43.8 Å². The Labute approximate surface area is 96.9 Å². The van der Waals surface area contributed by atoms with Crippen LogP contribution in [0.5, 0.6) is 0 Å². The van der Waals surface area contributed by atoms with Crippen LogP contribution in [0, 0.1) is 0 Å². The van der Waals surface area contributed by atoms with E-state index in [1.54, 1.807) is 6.92 Å². The van der Waals surface area contributed by atoms with Gasteiger partial charge in [-0.05, 0) is 25.8 Å². The normalized spacial score (nSPS) is 13.9. The van der Waals surface area contributed by atoms with Crippen LogP contribution in [0.25, 0.3) is 0 Å². The molecule has 86 valence electrons. The molecule has 0 aliphatic rings. The molecule has 0 heterocycles. The fourth-order valence-corrected chi connectivity index (χ4v) is 1.42. The SMILES string of the molecule is C=C(C)C(=O)OC(C)(CC)c1ccccc1. The molecule has 1 aromatic carbocycles. The molecule has 0 N–H and O–H groups in total. The van der Waals surface area contributed by atoms with Crippen LogP contribution in [0.2, 0.25) is 0 Å². The lowest BCUT2D eigenvalue weighted by Gasteiger charge is -2.29. The van der Waals surface area contributed by atoms with Crippen LogP contribution >= 0.6 is 0 Å². The van der Waals surface area contributed by atoms with Crippen LogP contribution in [0.4, 0.5) is 0 Å². The third-order valence-electron chi connectivity index (χ3n) is 2.73. The minimum absolute atomic E-state index is 0.340. The predicted molar refractivity (Wildman–Crippen MR) is 65.0 cm³/mol. The van der Waals surface area contributed by atoms with E-state index in [-0.39, 0.29) is 5.97 Å². The van der Waals surface area contributed by atoms with Crippen molar-refractivity contribution in [3.05, 3.63) is 48.0 Å². The maximum Gasteiger partial charge on any atom is 0.333 e. The van der Waals surface area contributed by atoms with Crippen molar-refractivity contribution >= 4 is 5.97 Å². The standard InChI is InChI=1S/C14H18O2/c1-5-14(4,16-13(15)11(2)3)12-9-7-6-8-10-12/h6-10H,2,5H2,1,3-4H3. The number of rotatable bonds is 4. The fourth-order valence-electron chi connectivity index (χ4n) is 1.42. The second-order valence-electron chi connectivity index (χ2n) is 4.12. The molecule has 0 aliphatic heterocycles. The van der Waals surface area contributed by atoms with Crippen molar-refractivity contribution < 1.29 is 9.53 Å². The molecule has 16 heavy (non-hydrogen) atoms. The van der Waals surface area contributed by atoms with Gasteiger partial charge in [-0.25, -0.2) is 4.79 Å². The summed E-state index contributed by atoms with van der Waals surface area (Å²) in [7, 11) is 0. The molecule has 1 unspecified atom stereocenters. The molecule has 0 saturated carbocycles. The summed E-state index contributed by atoms with van der Waals surface area (Å²) in [6.07, 6.45) is 0.732. The van der Waals surface area contributed by atoms with Crippen LogP contribution in [-0.2, 0) is 15.1 Å². The van der Waals surface area contributed by atoms with E-state index in [4.69, 9.17) is 4.74 Å². The van der Waals surface area contributed by atoms with Crippen LogP contribution in [-0.4, -0.2) is 5.97 Å². The first kappa shape index (κ1) is 12.5. The molecule has 0 aromatic heterocycles. The molecule has 1 rings (SSSR count). The van der Waals surface area contributed by atoms with Crippen LogP contribution in [0.1, 0.15) is 32.8 Å². The highest BCUT2D eigenvalue weighted by atomic mass is 16.6. The summed E-state index contributed by atoms with van der Waals surface area (Å²) in [5, 5.41) is 0. The predicted octanol–water partition coefficient (Wildman–Crippen LogP) is 3.43. The van der Waals surface area contributed by atoms with Gasteiger partial charge < -0.3 is 4.74 Å². The third kappa shape index (κ3) is 2.72. The van der Waals surface area contributed by atoms with Gasteiger partial charge in [0.15, 0.2) is 0 Å². The quantitative estimate of drug-likeness (QED) is 0.571. The largest absolute Gasteiger partial charge is 0.451 e. The molecule has 0 aliphatic carbocycles. The summed E-state index contributed by atoms with van der Waals surface area (Å²) in [6, 6.07) is 9.76. The first-order chi connectivity index (χ1) is 7.49. The van der Waals surface area contributed by atoms with Crippen molar-refractivity contribution in [2.45, 2.75) is 32.8 Å². The summed E-state index contributed by atoms with van der Waals surface area (Å²) in [5.74, 6) is -0.340. The van der Waals surface area contributed by atoms with Crippen LogP contribution in [0.3, 0.4) is 0 Å². The van der Waals surface area contributed by atoms with E-state index >= 15 is 0 Å². The number of ether oxygens (including phenoxy) is 1. The molecule has 0 amide bonds. The number of carbonyl (C=O) groups is 1. The zero-order chi connectivity index (χ0) is 12.2. The maximum atomic E-state index is 11.6. The van der Waals surface area contributed by atoms with E-state index < -0.39 is 5.60 Å². The van der Waals surface area contributed by atoms with Gasteiger partial charge in [0.1, 0.15) is 5.60 Å². The van der Waals surface area contributed by atoms with Crippen LogP contribution in [0.15, 0.2) is 42.5 Å². The van der Waals surface area contributed by atoms with E-state index in [0.29, 0.717) is 5.57 Å².